The highest BCUT2D eigenvalue weighted by molar-refractivity contribution is 6.23. The number of rotatable bonds is 3. The van der Waals surface area contributed by atoms with E-state index in [2.05, 4.69) is 211 Å². The molecule has 12 rings (SSSR count). The molecule has 0 nitrogen and oxygen atoms in total. The Labute approximate surface area is 347 Å². The first kappa shape index (κ1) is 34.5. The fourth-order valence-corrected chi connectivity index (χ4v) is 11.7. The lowest BCUT2D eigenvalue weighted by Gasteiger charge is -2.24. The van der Waals surface area contributed by atoms with Gasteiger partial charge in [-0.05, 0) is 140 Å². The molecule has 0 unspecified atom stereocenters. The van der Waals surface area contributed by atoms with Gasteiger partial charge < -0.3 is 0 Å². The van der Waals surface area contributed by atoms with Crippen LogP contribution in [0.25, 0.3) is 88.3 Å². The predicted molar refractivity (Wildman–Crippen MR) is 250 cm³/mol. The van der Waals surface area contributed by atoms with Gasteiger partial charge in [0.05, 0.1) is 0 Å². The molecule has 0 fully saturated rings. The summed E-state index contributed by atoms with van der Waals surface area (Å²) in [6, 6.07) is 65.0. The minimum absolute atomic E-state index is 0.0512. The van der Waals surface area contributed by atoms with Gasteiger partial charge in [-0.3, -0.25) is 0 Å². The molecule has 0 saturated heterocycles. The number of hydrogen-bond donors (Lipinski definition) is 0. The summed E-state index contributed by atoms with van der Waals surface area (Å²) in [5.74, 6) is 0. The molecule has 0 saturated carbocycles. The van der Waals surface area contributed by atoms with Crippen molar-refractivity contribution in [1.82, 2.24) is 0 Å². The average molecular weight is 755 g/mol. The number of fused-ring (bicyclic) bond motifs is 11. The molecule has 0 amide bonds. The SMILES string of the molecule is CC1(C)c2ccccc2-c2cc(-c3c4ccccc4c(-c4cccc5c4-c4ccccc4C5(C)C)c4ccc(-c5ccc6c(c5)C(C)(C)c5ccccc5-6)cc34)ccc21. The summed E-state index contributed by atoms with van der Waals surface area (Å²) in [6.07, 6.45) is 0. The quantitative estimate of drug-likeness (QED) is 0.158. The van der Waals surface area contributed by atoms with E-state index in [0.29, 0.717) is 0 Å². The van der Waals surface area contributed by atoms with Crippen molar-refractivity contribution in [2.24, 2.45) is 0 Å². The van der Waals surface area contributed by atoms with Gasteiger partial charge in [0.15, 0.2) is 0 Å². The average Bonchev–Trinajstić information content (AvgIpc) is 3.75. The van der Waals surface area contributed by atoms with Gasteiger partial charge in [0.1, 0.15) is 0 Å². The Balaban J connectivity index is 1.17. The third kappa shape index (κ3) is 4.55. The van der Waals surface area contributed by atoms with Crippen LogP contribution in [0, 0.1) is 0 Å². The molecule has 0 aromatic heterocycles. The minimum atomic E-state index is -0.0872. The first-order valence-electron chi connectivity index (χ1n) is 21.3. The fourth-order valence-electron chi connectivity index (χ4n) is 11.7. The van der Waals surface area contributed by atoms with Crippen molar-refractivity contribution >= 4 is 21.5 Å². The molecule has 0 heterocycles. The number of hydrogen-bond acceptors (Lipinski definition) is 0. The molecule has 0 atom stereocenters. The standard InChI is InChI=1S/C59H46/c1-57(2)49-23-13-10-17-39(49)46-33-37(28-31-51(46)57)54-41-18-7-8-19-42(41)55(45-21-15-25-52-56(45)44-20-11-14-24-50(44)58(52,3)4)43-30-27-35(32-47(43)54)36-26-29-40-38-16-9-12-22-48(38)59(5,6)53(40)34-36/h7-34H,1-6H3. The predicted octanol–water partition coefficient (Wildman–Crippen LogP) is 15.9. The highest BCUT2D eigenvalue weighted by atomic mass is 14.4. The van der Waals surface area contributed by atoms with Gasteiger partial charge in [-0.15, -0.1) is 0 Å². The summed E-state index contributed by atoms with van der Waals surface area (Å²) < 4.78 is 0. The molecule has 0 aliphatic heterocycles. The largest absolute Gasteiger partial charge is 0.0619 e. The van der Waals surface area contributed by atoms with Crippen LogP contribution in [0.2, 0.25) is 0 Å². The molecule has 0 spiro atoms. The van der Waals surface area contributed by atoms with Crippen LogP contribution < -0.4 is 0 Å². The van der Waals surface area contributed by atoms with Crippen molar-refractivity contribution < 1.29 is 0 Å². The number of benzene rings is 9. The van der Waals surface area contributed by atoms with E-state index in [4.69, 9.17) is 0 Å². The van der Waals surface area contributed by atoms with E-state index in [1.807, 2.05) is 0 Å². The lowest BCUT2D eigenvalue weighted by atomic mass is 9.79. The van der Waals surface area contributed by atoms with E-state index in [0.717, 1.165) is 0 Å². The smallest absolute Gasteiger partial charge is 0.0159 e. The highest BCUT2D eigenvalue weighted by Gasteiger charge is 2.39. The molecule has 3 aliphatic carbocycles. The maximum absolute atomic E-state index is 2.50. The summed E-state index contributed by atoms with van der Waals surface area (Å²) in [6.45, 7) is 14.3. The monoisotopic (exact) mass is 754 g/mol. The molecular weight excluding hydrogens is 709 g/mol. The van der Waals surface area contributed by atoms with E-state index in [1.165, 1.54) is 122 Å². The van der Waals surface area contributed by atoms with Crippen LogP contribution in [0.15, 0.2) is 170 Å². The van der Waals surface area contributed by atoms with Crippen molar-refractivity contribution in [2.75, 3.05) is 0 Å². The lowest BCUT2D eigenvalue weighted by molar-refractivity contribution is 0.660. The molecule has 0 heteroatoms. The van der Waals surface area contributed by atoms with Crippen molar-refractivity contribution in [3.05, 3.63) is 203 Å². The Morgan fingerprint density at radius 2 is 0.695 bits per heavy atom. The van der Waals surface area contributed by atoms with Crippen LogP contribution >= 0.6 is 0 Å². The lowest BCUT2D eigenvalue weighted by Crippen LogP contribution is -2.14. The van der Waals surface area contributed by atoms with Crippen LogP contribution in [0.4, 0.5) is 0 Å². The second-order valence-corrected chi connectivity index (χ2v) is 18.8. The zero-order valence-corrected chi connectivity index (χ0v) is 34.7. The first-order valence-corrected chi connectivity index (χ1v) is 21.3. The van der Waals surface area contributed by atoms with E-state index in [9.17, 15) is 0 Å². The zero-order valence-electron chi connectivity index (χ0n) is 34.7. The molecule has 3 aliphatic rings. The highest BCUT2D eigenvalue weighted by Crippen LogP contribution is 2.56. The third-order valence-corrected chi connectivity index (χ3v) is 14.7. The Bertz CT molecular complexity index is 3290. The fraction of sp³-hybridized carbons (Fsp3) is 0.153. The van der Waals surface area contributed by atoms with Gasteiger partial charge >= 0.3 is 0 Å². The van der Waals surface area contributed by atoms with Crippen molar-refractivity contribution in [2.45, 2.75) is 57.8 Å². The molecule has 282 valence electrons. The normalized spacial score (nSPS) is 15.7. The molecule has 0 radical (unpaired) electrons. The second kappa shape index (κ2) is 11.8. The summed E-state index contributed by atoms with van der Waals surface area (Å²) in [7, 11) is 0. The summed E-state index contributed by atoms with van der Waals surface area (Å²) in [4.78, 5) is 0. The summed E-state index contributed by atoms with van der Waals surface area (Å²) in [5, 5.41) is 5.14. The van der Waals surface area contributed by atoms with E-state index in [-0.39, 0.29) is 16.2 Å². The summed E-state index contributed by atoms with van der Waals surface area (Å²) >= 11 is 0. The van der Waals surface area contributed by atoms with Crippen LogP contribution in [-0.2, 0) is 16.2 Å². The van der Waals surface area contributed by atoms with Gasteiger partial charge in [0.25, 0.3) is 0 Å². The Morgan fingerprint density at radius 1 is 0.237 bits per heavy atom. The summed E-state index contributed by atoms with van der Waals surface area (Å²) in [5.41, 5.74) is 24.0. The Hall–Kier alpha value is -6.50. The Morgan fingerprint density at radius 3 is 1.42 bits per heavy atom. The molecular formula is C59H46. The maximum atomic E-state index is 2.50. The van der Waals surface area contributed by atoms with Crippen molar-refractivity contribution in [1.29, 1.82) is 0 Å². The third-order valence-electron chi connectivity index (χ3n) is 14.7. The van der Waals surface area contributed by atoms with Gasteiger partial charge in [0, 0.05) is 16.2 Å². The molecule has 9 aromatic carbocycles. The van der Waals surface area contributed by atoms with E-state index < -0.39 is 0 Å². The van der Waals surface area contributed by atoms with Crippen LogP contribution in [-0.4, -0.2) is 0 Å². The molecule has 0 bridgehead atoms. The molecule has 59 heavy (non-hydrogen) atoms. The van der Waals surface area contributed by atoms with E-state index in [1.54, 1.807) is 0 Å². The first-order chi connectivity index (χ1) is 28.5. The van der Waals surface area contributed by atoms with Gasteiger partial charge in [0.2, 0.25) is 0 Å². The molecule has 9 aromatic rings. The topological polar surface area (TPSA) is 0 Å². The zero-order chi connectivity index (χ0) is 40.0. The molecule has 0 N–H and O–H groups in total. The van der Waals surface area contributed by atoms with Crippen LogP contribution in [0.1, 0.15) is 74.9 Å². The van der Waals surface area contributed by atoms with Crippen molar-refractivity contribution in [3.63, 3.8) is 0 Å². The van der Waals surface area contributed by atoms with Crippen LogP contribution in [0.3, 0.4) is 0 Å². The van der Waals surface area contributed by atoms with Crippen LogP contribution in [0.5, 0.6) is 0 Å². The van der Waals surface area contributed by atoms with Crippen molar-refractivity contribution in [3.8, 4) is 66.8 Å². The van der Waals surface area contributed by atoms with Gasteiger partial charge in [-0.2, -0.15) is 0 Å². The minimum Gasteiger partial charge on any atom is -0.0619 e. The Kier molecular flexibility index (Phi) is 6.91. The second-order valence-electron chi connectivity index (χ2n) is 18.8. The van der Waals surface area contributed by atoms with Gasteiger partial charge in [-0.25, -0.2) is 0 Å². The maximum Gasteiger partial charge on any atom is 0.0159 e. The van der Waals surface area contributed by atoms with E-state index >= 15 is 0 Å². The van der Waals surface area contributed by atoms with Gasteiger partial charge in [-0.1, -0.05) is 193 Å².